The Labute approximate surface area is 229 Å². The van der Waals surface area contributed by atoms with E-state index in [1.54, 1.807) is 24.7 Å². The number of carbonyl (C=O) groups excluding carboxylic acids is 1. The maximum Gasteiger partial charge on any atom is 0.407 e. The SMILES string of the molecule is COC(=O)NC1C(C)CN(c2ccncc2Nc2ncc3ccc(-c4c(F)cc(CCO)cc4F)nn23)CC1N. The fourth-order valence-corrected chi connectivity index (χ4v) is 5.09. The number of carbonyl (C=O) groups is 1. The molecule has 1 aromatic carbocycles. The van der Waals surface area contributed by atoms with Crippen LogP contribution >= 0.6 is 0 Å². The Bertz CT molecular complexity index is 1500. The summed E-state index contributed by atoms with van der Waals surface area (Å²) in [7, 11) is 1.31. The molecule has 0 bridgehead atoms. The van der Waals surface area contributed by atoms with Gasteiger partial charge in [0.05, 0.1) is 53.7 Å². The number of hydrogen-bond donors (Lipinski definition) is 4. The molecule has 1 fully saturated rings. The number of aliphatic hydroxyl groups excluding tert-OH is 1. The van der Waals surface area contributed by atoms with Gasteiger partial charge in [0.2, 0.25) is 5.95 Å². The molecule has 13 heteroatoms. The van der Waals surface area contributed by atoms with Crippen LogP contribution in [0.5, 0.6) is 0 Å². The van der Waals surface area contributed by atoms with Crippen molar-refractivity contribution in [2.24, 2.45) is 11.7 Å². The monoisotopic (exact) mass is 552 g/mol. The lowest BCUT2D eigenvalue weighted by molar-refractivity contribution is 0.156. The number of anilines is 3. The van der Waals surface area contributed by atoms with E-state index in [9.17, 15) is 13.6 Å². The van der Waals surface area contributed by atoms with Gasteiger partial charge >= 0.3 is 6.09 Å². The molecule has 0 aliphatic carbocycles. The second kappa shape index (κ2) is 11.4. The number of nitrogens with one attached hydrogen (secondary N) is 2. The molecule has 5 rings (SSSR count). The number of hydrogen-bond acceptors (Lipinski definition) is 9. The third-order valence-electron chi connectivity index (χ3n) is 7.01. The van der Waals surface area contributed by atoms with E-state index in [1.165, 1.54) is 29.8 Å². The van der Waals surface area contributed by atoms with E-state index >= 15 is 0 Å². The number of nitrogens with two attached hydrogens (primary N) is 1. The van der Waals surface area contributed by atoms with Crippen LogP contribution < -0.4 is 21.3 Å². The van der Waals surface area contributed by atoms with E-state index in [0.717, 1.165) is 5.69 Å². The lowest BCUT2D eigenvalue weighted by Gasteiger charge is -2.42. The summed E-state index contributed by atoms with van der Waals surface area (Å²) in [5.41, 5.74) is 8.67. The number of imidazole rings is 1. The van der Waals surface area contributed by atoms with Crippen LogP contribution in [0.4, 0.5) is 30.9 Å². The molecule has 5 N–H and O–H groups in total. The largest absolute Gasteiger partial charge is 0.453 e. The van der Waals surface area contributed by atoms with Crippen molar-refractivity contribution in [2.75, 3.05) is 37.0 Å². The van der Waals surface area contributed by atoms with Crippen LogP contribution in [0.15, 0.2) is 48.9 Å². The number of aromatic nitrogens is 4. The van der Waals surface area contributed by atoms with Gasteiger partial charge < -0.3 is 31.1 Å². The highest BCUT2D eigenvalue weighted by atomic mass is 19.1. The number of benzene rings is 1. The van der Waals surface area contributed by atoms with Crippen molar-refractivity contribution in [3.8, 4) is 11.3 Å². The molecular weight excluding hydrogens is 522 g/mol. The first-order valence-electron chi connectivity index (χ1n) is 12.8. The third-order valence-corrected chi connectivity index (χ3v) is 7.01. The summed E-state index contributed by atoms with van der Waals surface area (Å²) in [6, 6.07) is 6.84. The number of ether oxygens (including phenoxy) is 1. The van der Waals surface area contributed by atoms with Gasteiger partial charge in [0, 0.05) is 31.9 Å². The number of halogens is 2. The maximum atomic E-state index is 14.9. The zero-order valence-electron chi connectivity index (χ0n) is 22.0. The van der Waals surface area contributed by atoms with E-state index in [-0.39, 0.29) is 42.3 Å². The van der Waals surface area contributed by atoms with E-state index in [1.807, 2.05) is 13.0 Å². The molecule has 1 aliphatic heterocycles. The number of methoxy groups -OCH3 is 1. The minimum Gasteiger partial charge on any atom is -0.453 e. The maximum absolute atomic E-state index is 14.9. The Morgan fingerprint density at radius 2 is 1.98 bits per heavy atom. The Morgan fingerprint density at radius 3 is 2.67 bits per heavy atom. The van der Waals surface area contributed by atoms with Crippen molar-refractivity contribution < 1.29 is 23.4 Å². The molecule has 4 heterocycles. The Kier molecular flexibility index (Phi) is 7.76. The molecule has 11 nitrogen and oxygen atoms in total. The number of pyridine rings is 1. The van der Waals surface area contributed by atoms with Gasteiger partial charge in [-0.15, -0.1) is 0 Å². The van der Waals surface area contributed by atoms with Crippen molar-refractivity contribution in [1.82, 2.24) is 24.9 Å². The normalized spacial score (nSPS) is 19.1. The average Bonchev–Trinajstić information content (AvgIpc) is 3.32. The van der Waals surface area contributed by atoms with Crippen LogP contribution in [0.3, 0.4) is 0 Å². The highest BCUT2D eigenvalue weighted by Gasteiger charge is 2.34. The van der Waals surface area contributed by atoms with Crippen LogP contribution in [0.1, 0.15) is 12.5 Å². The van der Waals surface area contributed by atoms with Crippen LogP contribution in [-0.2, 0) is 11.2 Å². The number of piperidine rings is 1. The minimum atomic E-state index is -0.768. The zero-order chi connectivity index (χ0) is 28.4. The molecule has 1 aliphatic rings. The van der Waals surface area contributed by atoms with Crippen LogP contribution in [0.25, 0.3) is 16.8 Å². The summed E-state index contributed by atoms with van der Waals surface area (Å²) in [5.74, 6) is -1.19. The van der Waals surface area contributed by atoms with E-state index in [4.69, 9.17) is 15.6 Å². The Morgan fingerprint density at radius 1 is 1.20 bits per heavy atom. The first kappa shape index (κ1) is 27.2. The molecule has 3 unspecified atom stereocenters. The van der Waals surface area contributed by atoms with E-state index < -0.39 is 17.7 Å². The van der Waals surface area contributed by atoms with E-state index in [2.05, 4.69) is 30.6 Å². The lowest BCUT2D eigenvalue weighted by atomic mass is 9.90. The van der Waals surface area contributed by atoms with Crippen LogP contribution in [0, 0.1) is 17.6 Å². The van der Waals surface area contributed by atoms with Crippen LogP contribution in [-0.4, -0.2) is 69.7 Å². The van der Waals surface area contributed by atoms with Gasteiger partial charge in [-0.05, 0) is 48.2 Å². The molecule has 4 aromatic rings. The first-order chi connectivity index (χ1) is 19.3. The Hall–Kier alpha value is -4.36. The number of rotatable bonds is 7. The quantitative estimate of drug-likeness (QED) is 0.272. The topological polar surface area (TPSA) is 143 Å². The molecule has 0 saturated carbocycles. The second-order valence-electron chi connectivity index (χ2n) is 9.77. The van der Waals surface area contributed by atoms with Gasteiger partial charge in [0.1, 0.15) is 11.6 Å². The predicted molar refractivity (Wildman–Crippen MR) is 145 cm³/mol. The van der Waals surface area contributed by atoms with Gasteiger partial charge in [0.25, 0.3) is 0 Å². The first-order valence-corrected chi connectivity index (χ1v) is 12.8. The lowest BCUT2D eigenvalue weighted by Crippen LogP contribution is -2.62. The number of alkyl carbamates (subject to hydrolysis) is 1. The van der Waals surface area contributed by atoms with Gasteiger partial charge in [-0.1, -0.05) is 6.92 Å². The van der Waals surface area contributed by atoms with Crippen molar-refractivity contribution in [1.29, 1.82) is 0 Å². The van der Waals surface area contributed by atoms with Crippen molar-refractivity contribution in [3.63, 3.8) is 0 Å². The molecule has 3 aromatic heterocycles. The van der Waals surface area contributed by atoms with Gasteiger partial charge in [-0.25, -0.2) is 18.6 Å². The summed E-state index contributed by atoms with van der Waals surface area (Å²) in [6.45, 7) is 2.86. The van der Waals surface area contributed by atoms with Crippen molar-refractivity contribution in [3.05, 3.63) is 66.1 Å². The predicted octanol–water partition coefficient (Wildman–Crippen LogP) is 2.86. The van der Waals surface area contributed by atoms with Gasteiger partial charge in [0.15, 0.2) is 0 Å². The molecule has 1 amide bonds. The molecule has 210 valence electrons. The number of nitrogens with zero attached hydrogens (tertiary/aromatic N) is 5. The fraction of sp³-hybridized carbons (Fsp3) is 0.333. The van der Waals surface area contributed by atoms with Crippen molar-refractivity contribution in [2.45, 2.75) is 25.4 Å². The summed E-state index contributed by atoms with van der Waals surface area (Å²) < 4.78 is 36.0. The smallest absolute Gasteiger partial charge is 0.407 e. The second-order valence-corrected chi connectivity index (χ2v) is 9.77. The molecule has 3 atom stereocenters. The number of aliphatic hydroxyl groups is 1. The molecular formula is C27H30F2N8O3. The number of fused-ring (bicyclic) bond motifs is 1. The summed E-state index contributed by atoms with van der Waals surface area (Å²) in [4.78, 5) is 22.5. The van der Waals surface area contributed by atoms with Gasteiger partial charge in [-0.3, -0.25) is 4.98 Å². The average molecular weight is 553 g/mol. The number of amides is 1. The summed E-state index contributed by atoms with van der Waals surface area (Å²) in [5, 5.41) is 19.6. The van der Waals surface area contributed by atoms with Crippen molar-refractivity contribution >= 4 is 28.9 Å². The summed E-state index contributed by atoms with van der Waals surface area (Å²) >= 11 is 0. The zero-order valence-corrected chi connectivity index (χ0v) is 22.0. The standard InChI is InChI=1S/C27H30F2N8O3/c1-15-13-36(14-20(30)25(15)34-27(39)40-2)23-5-7-31-12-22(23)33-26-32-11-17-3-4-21(35-37(17)26)24-18(28)9-16(6-8-38)10-19(24)29/h3-5,7,9-12,15,20,25,38H,6,8,13-14,30H2,1-2H3,(H,32,33)(H,34,39). The third kappa shape index (κ3) is 5.38. The molecule has 40 heavy (non-hydrogen) atoms. The highest BCUT2D eigenvalue weighted by molar-refractivity contribution is 5.74. The fourth-order valence-electron chi connectivity index (χ4n) is 5.09. The Balaban J connectivity index is 1.43. The van der Waals surface area contributed by atoms with Gasteiger partial charge in [-0.2, -0.15) is 9.61 Å². The molecule has 0 radical (unpaired) electrons. The summed E-state index contributed by atoms with van der Waals surface area (Å²) in [6.07, 6.45) is 4.53. The minimum absolute atomic E-state index is 0.0221. The molecule has 0 spiro atoms. The highest BCUT2D eigenvalue weighted by Crippen LogP contribution is 2.32. The van der Waals surface area contributed by atoms with E-state index in [0.29, 0.717) is 35.8 Å². The molecule has 1 saturated heterocycles. The van der Waals surface area contributed by atoms with Crippen LogP contribution in [0.2, 0.25) is 0 Å².